The minimum absolute atomic E-state index is 0.0157. The van der Waals surface area contributed by atoms with E-state index in [0.717, 1.165) is 17.8 Å². The number of nitrogens with two attached hydrogens (primary N) is 1. The van der Waals surface area contributed by atoms with Crippen LogP contribution in [0.2, 0.25) is 0 Å². The Balaban J connectivity index is 2.65. The number of hydrogen-bond donors (Lipinski definition) is 2. The first-order chi connectivity index (χ1) is 7.52. The molecule has 0 unspecified atom stereocenters. The molecule has 3 N–H and O–H groups in total. The Labute approximate surface area is 96.4 Å². The van der Waals surface area contributed by atoms with Gasteiger partial charge in [0.2, 0.25) is 5.91 Å². The van der Waals surface area contributed by atoms with Crippen LogP contribution < -0.4 is 11.1 Å². The Kier molecular flexibility index (Phi) is 4.31. The summed E-state index contributed by atoms with van der Waals surface area (Å²) in [6.45, 7) is 5.20. The van der Waals surface area contributed by atoms with Crippen molar-refractivity contribution in [2.24, 2.45) is 0 Å². The van der Waals surface area contributed by atoms with Crippen LogP contribution in [0.3, 0.4) is 0 Å². The number of carbonyl (C=O) groups is 1. The molecular weight excluding hydrogens is 202 g/mol. The maximum absolute atomic E-state index is 11.7. The molecule has 0 saturated carbocycles. The summed E-state index contributed by atoms with van der Waals surface area (Å²) in [6, 6.07) is 5.50. The lowest BCUT2D eigenvalue weighted by molar-refractivity contribution is -0.117. The van der Waals surface area contributed by atoms with E-state index in [1.54, 1.807) is 6.07 Å². The van der Waals surface area contributed by atoms with Gasteiger partial charge in [-0.3, -0.25) is 9.69 Å². The van der Waals surface area contributed by atoms with Crippen molar-refractivity contribution in [2.45, 2.75) is 13.8 Å². The van der Waals surface area contributed by atoms with Crippen LogP contribution in [-0.2, 0) is 4.79 Å². The summed E-state index contributed by atoms with van der Waals surface area (Å²) < 4.78 is 0. The third-order valence-corrected chi connectivity index (χ3v) is 2.49. The molecule has 4 heteroatoms. The molecule has 0 bridgehead atoms. The van der Waals surface area contributed by atoms with Crippen LogP contribution in [0.5, 0.6) is 0 Å². The van der Waals surface area contributed by atoms with Gasteiger partial charge in [0.1, 0.15) is 0 Å². The number of carbonyl (C=O) groups excluding carboxylic acids is 1. The van der Waals surface area contributed by atoms with E-state index >= 15 is 0 Å². The molecule has 1 aromatic carbocycles. The molecule has 0 heterocycles. The molecule has 0 radical (unpaired) electrons. The summed E-state index contributed by atoms with van der Waals surface area (Å²) in [5.41, 5.74) is 8.13. The van der Waals surface area contributed by atoms with Crippen molar-refractivity contribution in [2.75, 3.05) is 31.2 Å². The minimum Gasteiger partial charge on any atom is -0.399 e. The van der Waals surface area contributed by atoms with E-state index in [2.05, 4.69) is 5.32 Å². The van der Waals surface area contributed by atoms with Crippen LogP contribution in [0.4, 0.5) is 11.4 Å². The van der Waals surface area contributed by atoms with E-state index < -0.39 is 0 Å². The standard InChI is InChI=1S/C12H19N3O/c1-4-15(3)8-12(16)14-11-7-10(13)6-5-9(11)2/h5-7H,4,8,13H2,1-3H3,(H,14,16). The van der Waals surface area contributed by atoms with Crippen molar-refractivity contribution >= 4 is 17.3 Å². The number of anilines is 2. The van der Waals surface area contributed by atoms with Gasteiger partial charge >= 0.3 is 0 Å². The maximum Gasteiger partial charge on any atom is 0.238 e. The van der Waals surface area contributed by atoms with Gasteiger partial charge in [0.25, 0.3) is 0 Å². The third-order valence-electron chi connectivity index (χ3n) is 2.49. The van der Waals surface area contributed by atoms with E-state index in [4.69, 9.17) is 5.73 Å². The van der Waals surface area contributed by atoms with Crippen LogP contribution in [0.1, 0.15) is 12.5 Å². The molecule has 0 aliphatic rings. The molecule has 0 fully saturated rings. The van der Waals surface area contributed by atoms with Gasteiger partial charge in [-0.2, -0.15) is 0 Å². The molecule has 16 heavy (non-hydrogen) atoms. The zero-order chi connectivity index (χ0) is 12.1. The van der Waals surface area contributed by atoms with Gasteiger partial charge in [0, 0.05) is 11.4 Å². The van der Waals surface area contributed by atoms with Gasteiger partial charge in [-0.1, -0.05) is 13.0 Å². The molecule has 0 atom stereocenters. The predicted octanol–water partition coefficient (Wildman–Crippen LogP) is 1.47. The Morgan fingerprint density at radius 2 is 2.19 bits per heavy atom. The molecule has 4 nitrogen and oxygen atoms in total. The molecule has 0 aromatic heterocycles. The van der Waals surface area contributed by atoms with Gasteiger partial charge in [-0.15, -0.1) is 0 Å². The van der Waals surface area contributed by atoms with E-state index in [1.165, 1.54) is 0 Å². The van der Waals surface area contributed by atoms with E-state index in [-0.39, 0.29) is 5.91 Å². The maximum atomic E-state index is 11.7. The second kappa shape index (κ2) is 5.51. The summed E-state index contributed by atoms with van der Waals surface area (Å²) in [4.78, 5) is 13.6. The number of nitrogens with zero attached hydrogens (tertiary/aromatic N) is 1. The molecule has 0 spiro atoms. The Morgan fingerprint density at radius 3 is 2.81 bits per heavy atom. The molecule has 0 saturated heterocycles. The first-order valence-electron chi connectivity index (χ1n) is 5.37. The molecule has 0 aliphatic carbocycles. The van der Waals surface area contributed by atoms with E-state index in [0.29, 0.717) is 12.2 Å². The molecule has 1 aromatic rings. The first kappa shape index (κ1) is 12.5. The summed E-state index contributed by atoms with van der Waals surface area (Å²) in [7, 11) is 1.91. The highest BCUT2D eigenvalue weighted by atomic mass is 16.2. The first-order valence-corrected chi connectivity index (χ1v) is 5.37. The normalized spacial score (nSPS) is 10.5. The molecule has 1 rings (SSSR count). The number of nitrogens with one attached hydrogen (secondary N) is 1. The third kappa shape index (κ3) is 3.55. The fourth-order valence-corrected chi connectivity index (χ4v) is 1.32. The zero-order valence-corrected chi connectivity index (χ0v) is 10.1. The largest absolute Gasteiger partial charge is 0.399 e. The van der Waals surface area contributed by atoms with Crippen LogP contribution in [-0.4, -0.2) is 30.9 Å². The number of likely N-dealkylation sites (N-methyl/N-ethyl adjacent to an activating group) is 1. The predicted molar refractivity (Wildman–Crippen MR) is 67.4 cm³/mol. The van der Waals surface area contributed by atoms with Gasteiger partial charge < -0.3 is 11.1 Å². The molecule has 88 valence electrons. The van der Waals surface area contributed by atoms with E-state index in [9.17, 15) is 4.79 Å². The Hall–Kier alpha value is -1.55. The summed E-state index contributed by atoms with van der Waals surface area (Å²) in [5, 5.41) is 2.86. The number of nitrogen functional groups attached to an aromatic ring is 1. The number of aryl methyl sites for hydroxylation is 1. The van der Waals surface area contributed by atoms with Crippen molar-refractivity contribution in [3.63, 3.8) is 0 Å². The van der Waals surface area contributed by atoms with Crippen molar-refractivity contribution in [1.29, 1.82) is 0 Å². The highest BCUT2D eigenvalue weighted by molar-refractivity contribution is 5.93. The topological polar surface area (TPSA) is 58.4 Å². The highest BCUT2D eigenvalue weighted by Gasteiger charge is 2.07. The zero-order valence-electron chi connectivity index (χ0n) is 10.1. The van der Waals surface area contributed by atoms with Crippen molar-refractivity contribution in [3.8, 4) is 0 Å². The Bertz CT molecular complexity index is 377. The fraction of sp³-hybridized carbons (Fsp3) is 0.417. The summed E-state index contributed by atoms with van der Waals surface area (Å²) in [6.07, 6.45) is 0. The van der Waals surface area contributed by atoms with Gasteiger partial charge in [-0.05, 0) is 38.2 Å². The lowest BCUT2D eigenvalue weighted by atomic mass is 10.2. The number of hydrogen-bond acceptors (Lipinski definition) is 3. The fourth-order valence-electron chi connectivity index (χ4n) is 1.32. The van der Waals surface area contributed by atoms with Crippen molar-refractivity contribution < 1.29 is 4.79 Å². The van der Waals surface area contributed by atoms with Gasteiger partial charge in [0.15, 0.2) is 0 Å². The summed E-state index contributed by atoms with van der Waals surface area (Å²) in [5.74, 6) is -0.0157. The lowest BCUT2D eigenvalue weighted by Gasteiger charge is -2.14. The quantitative estimate of drug-likeness (QED) is 0.757. The highest BCUT2D eigenvalue weighted by Crippen LogP contribution is 2.17. The molecule has 0 aliphatic heterocycles. The Morgan fingerprint density at radius 1 is 1.50 bits per heavy atom. The van der Waals surface area contributed by atoms with E-state index in [1.807, 2.05) is 37.9 Å². The minimum atomic E-state index is -0.0157. The number of rotatable bonds is 4. The van der Waals surface area contributed by atoms with Gasteiger partial charge in [-0.25, -0.2) is 0 Å². The van der Waals surface area contributed by atoms with Crippen LogP contribution in [0, 0.1) is 6.92 Å². The van der Waals surface area contributed by atoms with Crippen molar-refractivity contribution in [3.05, 3.63) is 23.8 Å². The van der Waals surface area contributed by atoms with Crippen LogP contribution in [0.15, 0.2) is 18.2 Å². The van der Waals surface area contributed by atoms with Crippen LogP contribution in [0.25, 0.3) is 0 Å². The SMILES string of the molecule is CCN(C)CC(=O)Nc1cc(N)ccc1C. The van der Waals surface area contributed by atoms with Crippen LogP contribution >= 0.6 is 0 Å². The molecular formula is C12H19N3O. The second-order valence-corrected chi connectivity index (χ2v) is 3.95. The average molecular weight is 221 g/mol. The molecule has 1 amide bonds. The number of amides is 1. The average Bonchev–Trinajstić information content (AvgIpc) is 2.23. The smallest absolute Gasteiger partial charge is 0.238 e. The van der Waals surface area contributed by atoms with Crippen molar-refractivity contribution in [1.82, 2.24) is 4.90 Å². The number of benzene rings is 1. The van der Waals surface area contributed by atoms with Gasteiger partial charge in [0.05, 0.1) is 6.54 Å². The summed E-state index contributed by atoms with van der Waals surface area (Å²) >= 11 is 0. The second-order valence-electron chi connectivity index (χ2n) is 3.95. The lowest BCUT2D eigenvalue weighted by Crippen LogP contribution is -2.30. The monoisotopic (exact) mass is 221 g/mol.